The number of hydrogen-bond donors (Lipinski definition) is 0. The molecule has 0 aliphatic heterocycles. The SMILES string of the molecule is CC1(C(Cl)Cc2ccc(C(F)(F)F)cc2)CCCC1. The molecule has 0 spiro atoms. The molecule has 1 aromatic carbocycles. The van der Waals surface area contributed by atoms with Crippen molar-refractivity contribution >= 4 is 11.6 Å². The Morgan fingerprint density at radius 1 is 1.16 bits per heavy atom. The summed E-state index contributed by atoms with van der Waals surface area (Å²) >= 11 is 6.47. The lowest BCUT2D eigenvalue weighted by Gasteiger charge is -2.29. The molecule has 1 saturated carbocycles. The van der Waals surface area contributed by atoms with Crippen LogP contribution in [0.25, 0.3) is 0 Å². The van der Waals surface area contributed by atoms with E-state index in [1.807, 2.05) is 0 Å². The summed E-state index contributed by atoms with van der Waals surface area (Å²) < 4.78 is 37.4. The summed E-state index contributed by atoms with van der Waals surface area (Å²) in [7, 11) is 0. The Morgan fingerprint density at radius 3 is 2.16 bits per heavy atom. The van der Waals surface area contributed by atoms with Gasteiger partial charge in [0.15, 0.2) is 0 Å². The van der Waals surface area contributed by atoms with E-state index in [4.69, 9.17) is 11.6 Å². The van der Waals surface area contributed by atoms with E-state index in [0.29, 0.717) is 6.42 Å². The molecule has 1 atom stereocenters. The minimum absolute atomic E-state index is 0.00765. The van der Waals surface area contributed by atoms with E-state index in [-0.39, 0.29) is 10.8 Å². The molecule has 0 N–H and O–H groups in total. The van der Waals surface area contributed by atoms with Gasteiger partial charge in [0.1, 0.15) is 0 Å². The zero-order valence-electron chi connectivity index (χ0n) is 10.9. The third-order valence-electron chi connectivity index (χ3n) is 4.20. The maximum atomic E-state index is 12.5. The fourth-order valence-electron chi connectivity index (χ4n) is 2.78. The van der Waals surface area contributed by atoms with E-state index in [1.165, 1.54) is 25.0 Å². The second-order valence-corrected chi connectivity index (χ2v) is 6.25. The van der Waals surface area contributed by atoms with Crippen LogP contribution in [0.3, 0.4) is 0 Å². The monoisotopic (exact) mass is 290 g/mol. The Hall–Kier alpha value is -0.700. The van der Waals surface area contributed by atoms with Crippen LogP contribution in [0.5, 0.6) is 0 Å². The molecule has 1 fully saturated rings. The van der Waals surface area contributed by atoms with Gasteiger partial charge >= 0.3 is 6.18 Å². The third-order valence-corrected chi connectivity index (χ3v) is 4.88. The molecular weight excluding hydrogens is 273 g/mol. The van der Waals surface area contributed by atoms with Crippen LogP contribution >= 0.6 is 11.6 Å². The van der Waals surface area contributed by atoms with Gasteiger partial charge < -0.3 is 0 Å². The lowest BCUT2D eigenvalue weighted by Crippen LogP contribution is -2.26. The van der Waals surface area contributed by atoms with Gasteiger partial charge in [0.25, 0.3) is 0 Å². The summed E-state index contributed by atoms with van der Waals surface area (Å²) in [6.07, 6.45) is 0.996. The summed E-state index contributed by atoms with van der Waals surface area (Å²) in [5.74, 6) is 0. The molecule has 1 aliphatic rings. The summed E-state index contributed by atoms with van der Waals surface area (Å²) in [6.45, 7) is 2.18. The minimum Gasteiger partial charge on any atom is -0.166 e. The first-order valence-electron chi connectivity index (χ1n) is 6.61. The highest BCUT2D eigenvalue weighted by Crippen LogP contribution is 2.44. The van der Waals surface area contributed by atoms with Gasteiger partial charge in [-0.1, -0.05) is 31.9 Å². The normalized spacial score (nSPS) is 20.5. The standard InChI is InChI=1S/C15H18ClF3/c1-14(8-2-3-9-14)13(16)10-11-4-6-12(7-5-11)15(17,18)19/h4-7,13H,2-3,8-10H2,1H3. The number of rotatable bonds is 3. The lowest BCUT2D eigenvalue weighted by molar-refractivity contribution is -0.137. The van der Waals surface area contributed by atoms with Crippen LogP contribution in [0.15, 0.2) is 24.3 Å². The van der Waals surface area contributed by atoms with Crippen molar-refractivity contribution in [2.45, 2.75) is 50.6 Å². The highest BCUT2D eigenvalue weighted by molar-refractivity contribution is 6.21. The molecule has 0 amide bonds. The predicted molar refractivity (Wildman–Crippen MR) is 71.4 cm³/mol. The van der Waals surface area contributed by atoms with Crippen molar-refractivity contribution in [3.8, 4) is 0 Å². The largest absolute Gasteiger partial charge is 0.416 e. The lowest BCUT2D eigenvalue weighted by atomic mass is 9.82. The van der Waals surface area contributed by atoms with Gasteiger partial charge in [-0.2, -0.15) is 13.2 Å². The molecule has 0 nitrogen and oxygen atoms in total. The van der Waals surface area contributed by atoms with Gasteiger partial charge in [0.05, 0.1) is 5.56 Å². The first-order chi connectivity index (χ1) is 8.81. The van der Waals surface area contributed by atoms with Crippen LogP contribution in [-0.2, 0) is 12.6 Å². The summed E-state index contributed by atoms with van der Waals surface area (Å²) in [5, 5.41) is -0.00765. The fraction of sp³-hybridized carbons (Fsp3) is 0.600. The van der Waals surface area contributed by atoms with Crippen molar-refractivity contribution in [1.29, 1.82) is 0 Å². The Bertz CT molecular complexity index is 416. The molecule has 1 unspecified atom stereocenters. The molecule has 2 rings (SSSR count). The molecule has 106 valence electrons. The van der Waals surface area contributed by atoms with Crippen molar-refractivity contribution in [2.75, 3.05) is 0 Å². The van der Waals surface area contributed by atoms with Crippen molar-refractivity contribution in [3.05, 3.63) is 35.4 Å². The second kappa shape index (κ2) is 5.35. The van der Waals surface area contributed by atoms with E-state index in [0.717, 1.165) is 30.5 Å². The number of benzene rings is 1. The first kappa shape index (κ1) is 14.7. The predicted octanol–water partition coefficient (Wildman–Crippen LogP) is 5.44. The van der Waals surface area contributed by atoms with E-state index < -0.39 is 11.7 Å². The Balaban J connectivity index is 2.03. The molecule has 0 aromatic heterocycles. The first-order valence-corrected chi connectivity index (χ1v) is 7.05. The quantitative estimate of drug-likeness (QED) is 0.651. The molecule has 19 heavy (non-hydrogen) atoms. The molecular formula is C15H18ClF3. The van der Waals surface area contributed by atoms with E-state index in [9.17, 15) is 13.2 Å². The van der Waals surface area contributed by atoms with E-state index >= 15 is 0 Å². The minimum atomic E-state index is -4.27. The smallest absolute Gasteiger partial charge is 0.166 e. The van der Waals surface area contributed by atoms with E-state index in [1.54, 1.807) is 0 Å². The van der Waals surface area contributed by atoms with Crippen LogP contribution in [0.4, 0.5) is 13.2 Å². The molecule has 4 heteroatoms. The average Bonchev–Trinajstić information content (AvgIpc) is 2.77. The second-order valence-electron chi connectivity index (χ2n) is 5.73. The zero-order chi connectivity index (χ0) is 14.1. The van der Waals surface area contributed by atoms with Crippen molar-refractivity contribution in [2.24, 2.45) is 5.41 Å². The molecule has 0 radical (unpaired) electrons. The Labute approximate surface area is 117 Å². The van der Waals surface area contributed by atoms with Crippen LogP contribution in [-0.4, -0.2) is 5.38 Å². The Morgan fingerprint density at radius 2 is 1.68 bits per heavy atom. The number of halogens is 4. The summed E-state index contributed by atoms with van der Waals surface area (Å²) in [5.41, 5.74) is 0.403. The van der Waals surface area contributed by atoms with Gasteiger partial charge in [-0.15, -0.1) is 11.6 Å². The van der Waals surface area contributed by atoms with Gasteiger partial charge in [0, 0.05) is 5.38 Å². The van der Waals surface area contributed by atoms with Crippen LogP contribution < -0.4 is 0 Å². The highest BCUT2D eigenvalue weighted by atomic mass is 35.5. The van der Waals surface area contributed by atoms with Gasteiger partial charge in [0.2, 0.25) is 0 Å². The fourth-order valence-corrected chi connectivity index (χ4v) is 3.18. The van der Waals surface area contributed by atoms with Gasteiger partial charge in [-0.05, 0) is 42.4 Å². The van der Waals surface area contributed by atoms with Crippen molar-refractivity contribution in [1.82, 2.24) is 0 Å². The van der Waals surface area contributed by atoms with E-state index in [2.05, 4.69) is 6.92 Å². The highest BCUT2D eigenvalue weighted by Gasteiger charge is 2.36. The molecule has 1 aliphatic carbocycles. The maximum Gasteiger partial charge on any atom is 0.416 e. The number of alkyl halides is 4. The maximum absolute atomic E-state index is 12.5. The van der Waals surface area contributed by atoms with Gasteiger partial charge in [-0.3, -0.25) is 0 Å². The van der Waals surface area contributed by atoms with Crippen LogP contribution in [0.2, 0.25) is 0 Å². The number of hydrogen-bond acceptors (Lipinski definition) is 0. The topological polar surface area (TPSA) is 0 Å². The molecule has 0 heterocycles. The summed E-state index contributed by atoms with van der Waals surface area (Å²) in [6, 6.07) is 5.35. The zero-order valence-corrected chi connectivity index (χ0v) is 11.7. The van der Waals surface area contributed by atoms with Crippen LogP contribution in [0, 0.1) is 5.41 Å². The molecule has 0 saturated heterocycles. The third kappa shape index (κ3) is 3.44. The van der Waals surface area contributed by atoms with Crippen molar-refractivity contribution < 1.29 is 13.2 Å². The summed E-state index contributed by atoms with van der Waals surface area (Å²) in [4.78, 5) is 0. The average molecular weight is 291 g/mol. The molecule has 0 bridgehead atoms. The Kier molecular flexibility index (Phi) is 4.14. The van der Waals surface area contributed by atoms with Crippen LogP contribution in [0.1, 0.15) is 43.7 Å². The van der Waals surface area contributed by atoms with Crippen molar-refractivity contribution in [3.63, 3.8) is 0 Å². The molecule has 1 aromatic rings. The van der Waals surface area contributed by atoms with Gasteiger partial charge in [-0.25, -0.2) is 0 Å².